The molecule has 0 heterocycles. The molecule has 0 aromatic heterocycles. The van der Waals surface area contributed by atoms with Gasteiger partial charge in [0.15, 0.2) is 29.6 Å². The number of rotatable bonds is 9. The number of hydrogen-bond donors (Lipinski definition) is 2. The van der Waals surface area contributed by atoms with E-state index in [0.29, 0.717) is 23.7 Å². The van der Waals surface area contributed by atoms with Gasteiger partial charge in [0.25, 0.3) is 5.91 Å². The van der Waals surface area contributed by atoms with Crippen molar-refractivity contribution in [1.82, 2.24) is 5.43 Å². The number of aromatic hydroxyl groups is 1. The van der Waals surface area contributed by atoms with E-state index in [1.165, 1.54) is 20.4 Å². The highest BCUT2D eigenvalue weighted by molar-refractivity contribution is 5.84. The standard InChI is InChI=1S/C19H22N2O6/c1-4-26-14-7-5-6-8-15(14)27-12-18(22)21-20-11-13-9-16(24-2)19(23)17(10-13)25-3/h5-11,23H,4,12H2,1-3H3,(H,21,22)/b20-11-. The molecule has 0 bridgehead atoms. The van der Waals surface area contributed by atoms with Crippen LogP contribution in [-0.4, -0.2) is 44.7 Å². The molecule has 0 atom stereocenters. The molecule has 0 spiro atoms. The number of phenolic OH excluding ortho intramolecular Hbond substituents is 1. The predicted octanol–water partition coefficient (Wildman–Crippen LogP) is 2.34. The first kappa shape index (κ1) is 19.9. The minimum atomic E-state index is -0.435. The molecule has 0 aliphatic rings. The van der Waals surface area contributed by atoms with Gasteiger partial charge < -0.3 is 24.1 Å². The third-order valence-electron chi connectivity index (χ3n) is 3.41. The molecule has 27 heavy (non-hydrogen) atoms. The summed E-state index contributed by atoms with van der Waals surface area (Å²) < 4.78 is 21.0. The second kappa shape index (κ2) is 9.91. The zero-order valence-electron chi connectivity index (χ0n) is 15.4. The Kier molecular flexibility index (Phi) is 7.30. The van der Waals surface area contributed by atoms with Crippen LogP contribution in [0.3, 0.4) is 0 Å². The smallest absolute Gasteiger partial charge is 0.277 e. The molecule has 0 unspecified atom stereocenters. The molecule has 0 aliphatic carbocycles. The van der Waals surface area contributed by atoms with Crippen LogP contribution in [0.25, 0.3) is 0 Å². The summed E-state index contributed by atoms with van der Waals surface area (Å²) in [5.41, 5.74) is 2.94. The number of ether oxygens (including phenoxy) is 4. The van der Waals surface area contributed by atoms with Crippen molar-refractivity contribution in [2.75, 3.05) is 27.4 Å². The quantitative estimate of drug-likeness (QED) is 0.516. The molecule has 8 nitrogen and oxygen atoms in total. The van der Waals surface area contributed by atoms with Crippen molar-refractivity contribution in [2.45, 2.75) is 6.92 Å². The summed E-state index contributed by atoms with van der Waals surface area (Å²) >= 11 is 0. The highest BCUT2D eigenvalue weighted by Gasteiger charge is 2.10. The fourth-order valence-electron chi connectivity index (χ4n) is 2.19. The number of nitrogens with zero attached hydrogens (tertiary/aromatic N) is 1. The van der Waals surface area contributed by atoms with Gasteiger partial charge in [-0.2, -0.15) is 5.10 Å². The molecule has 0 radical (unpaired) electrons. The van der Waals surface area contributed by atoms with E-state index in [2.05, 4.69) is 10.5 Å². The minimum Gasteiger partial charge on any atom is -0.502 e. The number of nitrogens with one attached hydrogen (secondary N) is 1. The Labute approximate surface area is 157 Å². The fourth-order valence-corrected chi connectivity index (χ4v) is 2.19. The Morgan fingerprint density at radius 3 is 2.22 bits per heavy atom. The maximum atomic E-state index is 11.9. The van der Waals surface area contributed by atoms with Crippen molar-refractivity contribution >= 4 is 12.1 Å². The van der Waals surface area contributed by atoms with E-state index in [9.17, 15) is 9.90 Å². The largest absolute Gasteiger partial charge is 0.502 e. The third kappa shape index (κ3) is 5.53. The summed E-state index contributed by atoms with van der Waals surface area (Å²) in [4.78, 5) is 11.9. The maximum Gasteiger partial charge on any atom is 0.277 e. The Morgan fingerprint density at radius 1 is 1.07 bits per heavy atom. The van der Waals surface area contributed by atoms with E-state index in [1.54, 1.807) is 30.3 Å². The Balaban J connectivity index is 1.94. The van der Waals surface area contributed by atoms with E-state index in [0.717, 1.165) is 0 Å². The van der Waals surface area contributed by atoms with Crippen molar-refractivity contribution in [1.29, 1.82) is 0 Å². The minimum absolute atomic E-state index is 0.109. The van der Waals surface area contributed by atoms with Gasteiger partial charge in [0.05, 0.1) is 27.0 Å². The fraction of sp³-hybridized carbons (Fsp3) is 0.263. The van der Waals surface area contributed by atoms with Crippen LogP contribution in [0.15, 0.2) is 41.5 Å². The van der Waals surface area contributed by atoms with Gasteiger partial charge in [-0.05, 0) is 31.2 Å². The monoisotopic (exact) mass is 374 g/mol. The molecule has 8 heteroatoms. The van der Waals surface area contributed by atoms with Crippen LogP contribution in [0.2, 0.25) is 0 Å². The number of carbonyl (C=O) groups is 1. The van der Waals surface area contributed by atoms with Crippen LogP contribution < -0.4 is 24.4 Å². The average molecular weight is 374 g/mol. The van der Waals surface area contributed by atoms with Crippen molar-refractivity contribution in [3.05, 3.63) is 42.0 Å². The second-order valence-electron chi connectivity index (χ2n) is 5.24. The number of para-hydroxylation sites is 2. The number of carbonyl (C=O) groups excluding carboxylic acids is 1. The van der Waals surface area contributed by atoms with Crippen LogP contribution in [0, 0.1) is 0 Å². The number of amides is 1. The zero-order valence-corrected chi connectivity index (χ0v) is 15.4. The number of hydrogen-bond acceptors (Lipinski definition) is 7. The van der Waals surface area contributed by atoms with Crippen LogP contribution in [0.5, 0.6) is 28.7 Å². The summed E-state index contributed by atoms with van der Waals surface area (Å²) in [7, 11) is 2.85. The lowest BCUT2D eigenvalue weighted by Crippen LogP contribution is -2.24. The lowest BCUT2D eigenvalue weighted by Gasteiger charge is -2.10. The molecule has 2 aromatic rings. The van der Waals surface area contributed by atoms with E-state index >= 15 is 0 Å². The average Bonchev–Trinajstić information content (AvgIpc) is 2.68. The Bertz CT molecular complexity index is 782. The normalized spacial score (nSPS) is 10.5. The molecule has 144 valence electrons. The van der Waals surface area contributed by atoms with Crippen LogP contribution >= 0.6 is 0 Å². The molecule has 0 saturated carbocycles. The van der Waals surface area contributed by atoms with Crippen LogP contribution in [0.1, 0.15) is 12.5 Å². The van der Waals surface area contributed by atoms with Crippen molar-refractivity contribution in [3.8, 4) is 28.7 Å². The Hall–Kier alpha value is -3.42. The van der Waals surface area contributed by atoms with Crippen molar-refractivity contribution < 1.29 is 28.8 Å². The van der Waals surface area contributed by atoms with E-state index in [4.69, 9.17) is 18.9 Å². The van der Waals surface area contributed by atoms with Crippen LogP contribution in [0.4, 0.5) is 0 Å². The first-order valence-corrected chi connectivity index (χ1v) is 8.20. The second-order valence-corrected chi connectivity index (χ2v) is 5.24. The predicted molar refractivity (Wildman–Crippen MR) is 100 cm³/mol. The lowest BCUT2D eigenvalue weighted by atomic mass is 10.2. The molecule has 0 saturated heterocycles. The number of benzene rings is 2. The Morgan fingerprint density at radius 2 is 1.67 bits per heavy atom. The summed E-state index contributed by atoms with van der Waals surface area (Å²) in [6.45, 7) is 2.14. The lowest BCUT2D eigenvalue weighted by molar-refractivity contribution is -0.123. The maximum absolute atomic E-state index is 11.9. The molecule has 0 fully saturated rings. The highest BCUT2D eigenvalue weighted by Crippen LogP contribution is 2.36. The van der Waals surface area contributed by atoms with E-state index in [1.807, 2.05) is 13.0 Å². The van der Waals surface area contributed by atoms with Crippen LogP contribution in [-0.2, 0) is 4.79 Å². The summed E-state index contributed by atoms with van der Waals surface area (Å²) in [5.74, 6) is 0.972. The molecule has 2 rings (SSSR count). The summed E-state index contributed by atoms with van der Waals surface area (Å²) in [6.07, 6.45) is 1.40. The number of phenols is 1. The van der Waals surface area contributed by atoms with Gasteiger partial charge in [-0.3, -0.25) is 4.79 Å². The van der Waals surface area contributed by atoms with Gasteiger partial charge in [-0.1, -0.05) is 12.1 Å². The molecular weight excluding hydrogens is 352 g/mol. The van der Waals surface area contributed by atoms with Gasteiger partial charge in [-0.15, -0.1) is 0 Å². The third-order valence-corrected chi connectivity index (χ3v) is 3.41. The first-order chi connectivity index (χ1) is 13.1. The number of hydrazone groups is 1. The number of methoxy groups -OCH3 is 2. The first-order valence-electron chi connectivity index (χ1n) is 8.20. The highest BCUT2D eigenvalue weighted by atomic mass is 16.5. The van der Waals surface area contributed by atoms with Crippen molar-refractivity contribution in [3.63, 3.8) is 0 Å². The van der Waals surface area contributed by atoms with E-state index < -0.39 is 5.91 Å². The molecular formula is C19H22N2O6. The van der Waals surface area contributed by atoms with E-state index in [-0.39, 0.29) is 23.9 Å². The summed E-state index contributed by atoms with van der Waals surface area (Å²) in [6, 6.07) is 10.2. The topological polar surface area (TPSA) is 98.6 Å². The van der Waals surface area contributed by atoms with Gasteiger partial charge in [0, 0.05) is 5.56 Å². The van der Waals surface area contributed by atoms with Crippen molar-refractivity contribution in [2.24, 2.45) is 5.10 Å². The molecule has 2 aromatic carbocycles. The summed E-state index contributed by atoms with van der Waals surface area (Å²) in [5, 5.41) is 13.7. The molecule has 0 aliphatic heterocycles. The zero-order chi connectivity index (χ0) is 19.6. The van der Waals surface area contributed by atoms with Gasteiger partial charge in [-0.25, -0.2) is 5.43 Å². The van der Waals surface area contributed by atoms with Gasteiger partial charge in [0.2, 0.25) is 5.75 Å². The molecule has 2 N–H and O–H groups in total. The van der Waals surface area contributed by atoms with Gasteiger partial charge in [0.1, 0.15) is 0 Å². The van der Waals surface area contributed by atoms with Gasteiger partial charge >= 0.3 is 0 Å². The molecule has 1 amide bonds. The SMILES string of the molecule is CCOc1ccccc1OCC(=O)N/N=C\c1cc(OC)c(O)c(OC)c1.